The monoisotopic (exact) mass is 247 g/mol. The van der Waals surface area contributed by atoms with Crippen LogP contribution in [0.3, 0.4) is 0 Å². The molecule has 0 spiro atoms. The highest BCUT2D eigenvalue weighted by Crippen LogP contribution is 2.23. The first kappa shape index (κ1) is 12.1. The molecule has 94 valence electrons. The number of para-hydroxylation sites is 2. The highest BCUT2D eigenvalue weighted by Gasteiger charge is 2.19. The Balaban J connectivity index is 2.52. The lowest BCUT2D eigenvalue weighted by Crippen LogP contribution is -2.06. The van der Waals surface area contributed by atoms with Gasteiger partial charge in [0.15, 0.2) is 5.69 Å². The van der Waals surface area contributed by atoms with Crippen molar-refractivity contribution in [3.05, 3.63) is 35.7 Å². The van der Waals surface area contributed by atoms with Gasteiger partial charge in [0.05, 0.1) is 19.9 Å². The van der Waals surface area contributed by atoms with Crippen LogP contribution in [0.2, 0.25) is 0 Å². The molecule has 0 aliphatic rings. The van der Waals surface area contributed by atoms with Crippen molar-refractivity contribution in [3.8, 4) is 11.4 Å². The molecule has 0 aliphatic carbocycles. The quantitative estimate of drug-likeness (QED) is 0.766. The van der Waals surface area contributed by atoms with Gasteiger partial charge in [-0.15, -0.1) is 5.10 Å². The van der Waals surface area contributed by atoms with Crippen molar-refractivity contribution in [2.24, 2.45) is 0 Å². The maximum absolute atomic E-state index is 11.5. The van der Waals surface area contributed by atoms with Crippen LogP contribution in [-0.2, 0) is 4.74 Å². The first-order valence-corrected chi connectivity index (χ1v) is 5.33. The summed E-state index contributed by atoms with van der Waals surface area (Å²) in [7, 11) is 2.89. The van der Waals surface area contributed by atoms with Crippen LogP contribution in [0.4, 0.5) is 0 Å². The molecule has 0 atom stereocenters. The molecule has 6 nitrogen and oxygen atoms in total. The van der Waals surface area contributed by atoms with Gasteiger partial charge < -0.3 is 9.47 Å². The summed E-state index contributed by atoms with van der Waals surface area (Å²) in [6.45, 7) is 1.75. The van der Waals surface area contributed by atoms with Gasteiger partial charge in [-0.3, -0.25) is 0 Å². The smallest absolute Gasteiger partial charge is 0.360 e. The number of aromatic nitrogens is 3. The van der Waals surface area contributed by atoms with E-state index in [1.165, 1.54) is 7.11 Å². The Kier molecular flexibility index (Phi) is 3.27. The van der Waals surface area contributed by atoms with Crippen molar-refractivity contribution < 1.29 is 14.3 Å². The lowest BCUT2D eigenvalue weighted by molar-refractivity contribution is 0.0593. The summed E-state index contributed by atoms with van der Waals surface area (Å²) in [6.07, 6.45) is 0. The fourth-order valence-corrected chi connectivity index (χ4v) is 1.65. The Bertz CT molecular complexity index is 578. The van der Waals surface area contributed by atoms with Crippen molar-refractivity contribution >= 4 is 5.97 Å². The van der Waals surface area contributed by atoms with Gasteiger partial charge in [0.2, 0.25) is 0 Å². The number of carbonyl (C=O) groups is 1. The number of nitrogens with zero attached hydrogens (tertiary/aromatic N) is 3. The largest absolute Gasteiger partial charge is 0.494 e. The van der Waals surface area contributed by atoms with Crippen molar-refractivity contribution in [2.75, 3.05) is 14.2 Å². The second-order valence-corrected chi connectivity index (χ2v) is 3.60. The normalized spacial score (nSPS) is 10.2. The third-order valence-electron chi connectivity index (χ3n) is 2.59. The Morgan fingerprint density at radius 3 is 2.67 bits per heavy atom. The van der Waals surface area contributed by atoms with E-state index >= 15 is 0 Å². The molecule has 0 saturated heterocycles. The summed E-state index contributed by atoms with van der Waals surface area (Å²) in [4.78, 5) is 11.5. The molecule has 2 rings (SSSR count). The van der Waals surface area contributed by atoms with E-state index in [9.17, 15) is 4.79 Å². The zero-order valence-electron chi connectivity index (χ0n) is 10.4. The Labute approximate surface area is 104 Å². The number of methoxy groups -OCH3 is 2. The van der Waals surface area contributed by atoms with Crippen molar-refractivity contribution in [2.45, 2.75) is 6.92 Å². The Morgan fingerprint density at radius 2 is 2.00 bits per heavy atom. The summed E-state index contributed by atoms with van der Waals surface area (Å²) in [5.41, 5.74) is 1.52. The molecule has 0 N–H and O–H groups in total. The number of rotatable bonds is 3. The van der Waals surface area contributed by atoms with Gasteiger partial charge in [-0.1, -0.05) is 17.3 Å². The minimum Gasteiger partial charge on any atom is -0.494 e. The molecule has 0 aliphatic heterocycles. The van der Waals surface area contributed by atoms with Crippen LogP contribution in [0.5, 0.6) is 5.75 Å². The van der Waals surface area contributed by atoms with Gasteiger partial charge in [-0.2, -0.15) is 0 Å². The van der Waals surface area contributed by atoms with Gasteiger partial charge in [-0.05, 0) is 19.1 Å². The maximum atomic E-state index is 11.5. The van der Waals surface area contributed by atoms with E-state index in [2.05, 4.69) is 15.0 Å². The molecule has 0 amide bonds. The van der Waals surface area contributed by atoms with Crippen molar-refractivity contribution in [1.82, 2.24) is 15.0 Å². The molecule has 1 heterocycles. The van der Waals surface area contributed by atoms with E-state index in [0.717, 1.165) is 5.69 Å². The number of benzene rings is 1. The second kappa shape index (κ2) is 4.87. The number of hydrogen-bond acceptors (Lipinski definition) is 5. The third-order valence-corrected chi connectivity index (χ3v) is 2.59. The lowest BCUT2D eigenvalue weighted by Gasteiger charge is -2.08. The number of hydrogen-bond donors (Lipinski definition) is 0. The van der Waals surface area contributed by atoms with Crippen LogP contribution in [-0.4, -0.2) is 35.2 Å². The molecule has 6 heteroatoms. The van der Waals surface area contributed by atoms with Gasteiger partial charge in [0, 0.05) is 0 Å². The average Bonchev–Trinajstić information content (AvgIpc) is 2.79. The molecule has 0 bridgehead atoms. The molecule has 0 unspecified atom stereocenters. The zero-order chi connectivity index (χ0) is 13.1. The number of esters is 1. The molecule has 0 fully saturated rings. The second-order valence-electron chi connectivity index (χ2n) is 3.60. The van der Waals surface area contributed by atoms with Gasteiger partial charge in [-0.25, -0.2) is 9.48 Å². The van der Waals surface area contributed by atoms with E-state index in [0.29, 0.717) is 11.4 Å². The van der Waals surface area contributed by atoms with Gasteiger partial charge in [0.1, 0.15) is 11.4 Å². The van der Waals surface area contributed by atoms with Crippen molar-refractivity contribution in [3.63, 3.8) is 0 Å². The first-order valence-electron chi connectivity index (χ1n) is 5.33. The summed E-state index contributed by atoms with van der Waals surface area (Å²) >= 11 is 0. The third kappa shape index (κ3) is 1.92. The van der Waals surface area contributed by atoms with Crippen LogP contribution in [0.1, 0.15) is 16.2 Å². The van der Waals surface area contributed by atoms with Gasteiger partial charge in [0.25, 0.3) is 0 Å². The van der Waals surface area contributed by atoms with Crippen LogP contribution < -0.4 is 4.74 Å². The molecular weight excluding hydrogens is 234 g/mol. The molecule has 0 radical (unpaired) electrons. The van der Waals surface area contributed by atoms with Crippen molar-refractivity contribution in [1.29, 1.82) is 0 Å². The minimum absolute atomic E-state index is 0.198. The summed E-state index contributed by atoms with van der Waals surface area (Å²) in [6, 6.07) is 7.36. The highest BCUT2D eigenvalue weighted by molar-refractivity contribution is 5.88. The molecule has 1 aromatic carbocycles. The molecule has 1 aromatic heterocycles. The molecule has 2 aromatic rings. The average molecular weight is 247 g/mol. The van der Waals surface area contributed by atoms with Gasteiger partial charge >= 0.3 is 5.97 Å². The van der Waals surface area contributed by atoms with Crippen LogP contribution in [0.15, 0.2) is 24.3 Å². The maximum Gasteiger partial charge on any atom is 0.360 e. The topological polar surface area (TPSA) is 66.2 Å². The predicted octanol–water partition coefficient (Wildman–Crippen LogP) is 1.37. The van der Waals surface area contributed by atoms with Crippen LogP contribution in [0, 0.1) is 6.92 Å². The fraction of sp³-hybridized carbons (Fsp3) is 0.250. The van der Waals surface area contributed by atoms with Crippen LogP contribution in [0.25, 0.3) is 5.69 Å². The highest BCUT2D eigenvalue weighted by atomic mass is 16.5. The number of carbonyl (C=O) groups excluding carboxylic acids is 1. The van der Waals surface area contributed by atoms with Crippen LogP contribution >= 0.6 is 0 Å². The molecule has 0 saturated carbocycles. The number of ether oxygens (including phenoxy) is 2. The minimum atomic E-state index is -0.506. The van der Waals surface area contributed by atoms with E-state index in [-0.39, 0.29) is 5.69 Å². The molecule has 18 heavy (non-hydrogen) atoms. The van der Waals surface area contributed by atoms with E-state index in [1.807, 2.05) is 24.3 Å². The van der Waals surface area contributed by atoms with E-state index < -0.39 is 5.97 Å². The summed E-state index contributed by atoms with van der Waals surface area (Å²) in [5, 5.41) is 7.77. The Morgan fingerprint density at radius 1 is 1.28 bits per heavy atom. The first-order chi connectivity index (χ1) is 8.69. The summed E-state index contributed by atoms with van der Waals surface area (Å²) in [5.74, 6) is 0.149. The fourth-order valence-electron chi connectivity index (χ4n) is 1.65. The molecular formula is C12H13N3O3. The zero-order valence-corrected chi connectivity index (χ0v) is 10.4. The summed E-state index contributed by atoms with van der Waals surface area (Å²) < 4.78 is 11.4. The SMILES string of the molecule is COC(=O)c1nnn(-c2ccccc2OC)c1C. The lowest BCUT2D eigenvalue weighted by atomic mass is 10.2. The van der Waals surface area contributed by atoms with E-state index in [1.54, 1.807) is 18.7 Å². The standard InChI is InChI=1S/C12H13N3O3/c1-8-11(12(16)18-3)13-14-15(8)9-6-4-5-7-10(9)17-2/h4-7H,1-3H3. The predicted molar refractivity (Wildman–Crippen MR) is 64.0 cm³/mol. The Hall–Kier alpha value is -2.37. The van der Waals surface area contributed by atoms with E-state index in [4.69, 9.17) is 4.74 Å².